The van der Waals surface area contributed by atoms with Crippen LogP contribution in [0.15, 0.2) is 67.4 Å². The number of nitrogens with zero attached hydrogens (tertiary/aromatic N) is 1. The zero-order chi connectivity index (χ0) is 27.0. The summed E-state index contributed by atoms with van der Waals surface area (Å²) in [4.78, 5) is 29.4. The Bertz CT molecular complexity index is 1240. The van der Waals surface area contributed by atoms with Crippen LogP contribution in [0.1, 0.15) is 54.1 Å². The number of carboxylic acid groups (broad SMARTS) is 1. The molecular weight excluding hydrogens is 485 g/mol. The van der Waals surface area contributed by atoms with Gasteiger partial charge in [-0.25, -0.2) is 4.79 Å². The van der Waals surface area contributed by atoms with Gasteiger partial charge in [-0.05, 0) is 55.0 Å². The normalized spacial score (nSPS) is 13.1. The van der Waals surface area contributed by atoms with Crippen molar-refractivity contribution in [1.82, 2.24) is 10.3 Å². The average Bonchev–Trinajstić information content (AvgIpc) is 2.88. The zero-order valence-electron chi connectivity index (χ0n) is 20.4. The molecule has 0 aliphatic heterocycles. The van der Waals surface area contributed by atoms with Crippen LogP contribution in [0, 0.1) is 5.92 Å². The molecule has 2 aromatic carbocycles. The van der Waals surface area contributed by atoms with Crippen molar-refractivity contribution in [2.24, 2.45) is 5.92 Å². The quantitative estimate of drug-likeness (QED) is 0.273. The van der Waals surface area contributed by atoms with Gasteiger partial charge in [0.1, 0.15) is 18.2 Å². The summed E-state index contributed by atoms with van der Waals surface area (Å²) in [6.45, 7) is 5.64. The number of carboxylic acids is 1. The summed E-state index contributed by atoms with van der Waals surface area (Å²) >= 11 is 0. The smallest absolute Gasteiger partial charge is 0.416 e. The fourth-order valence-electron chi connectivity index (χ4n) is 4.01. The number of aromatic nitrogens is 1. The second-order valence-corrected chi connectivity index (χ2v) is 8.74. The number of carbonyl (C=O) groups is 2. The predicted molar refractivity (Wildman–Crippen MR) is 134 cm³/mol. The Labute approximate surface area is 213 Å². The van der Waals surface area contributed by atoms with Gasteiger partial charge in [-0.3, -0.25) is 9.78 Å². The summed E-state index contributed by atoms with van der Waals surface area (Å²) in [5.41, 5.74) is 0.151. The highest BCUT2D eigenvalue weighted by atomic mass is 19.4. The van der Waals surface area contributed by atoms with Gasteiger partial charge in [-0.1, -0.05) is 43.7 Å². The van der Waals surface area contributed by atoms with Crippen molar-refractivity contribution in [3.63, 3.8) is 0 Å². The van der Waals surface area contributed by atoms with Crippen LogP contribution in [-0.4, -0.2) is 28.0 Å². The largest absolute Gasteiger partial charge is 0.486 e. The molecule has 1 amide bonds. The minimum atomic E-state index is -4.45. The van der Waals surface area contributed by atoms with E-state index in [0.717, 1.165) is 25.0 Å². The van der Waals surface area contributed by atoms with E-state index in [2.05, 4.69) is 16.9 Å². The third kappa shape index (κ3) is 7.31. The number of halogens is 3. The number of alkyl halides is 3. The topological polar surface area (TPSA) is 88.5 Å². The van der Waals surface area contributed by atoms with Crippen molar-refractivity contribution in [1.29, 1.82) is 0 Å². The Morgan fingerprint density at radius 3 is 2.49 bits per heavy atom. The van der Waals surface area contributed by atoms with Gasteiger partial charge < -0.3 is 15.2 Å². The monoisotopic (exact) mass is 514 g/mol. The zero-order valence-corrected chi connectivity index (χ0v) is 20.4. The summed E-state index contributed by atoms with van der Waals surface area (Å²) < 4.78 is 44.5. The molecular formula is C28H29F3N2O4. The van der Waals surface area contributed by atoms with Gasteiger partial charge in [0.05, 0.1) is 11.1 Å². The van der Waals surface area contributed by atoms with Crippen LogP contribution in [0.25, 0.3) is 10.9 Å². The molecule has 0 spiro atoms. The number of rotatable bonds is 12. The van der Waals surface area contributed by atoms with Crippen LogP contribution in [0.2, 0.25) is 0 Å². The highest BCUT2D eigenvalue weighted by Crippen LogP contribution is 2.31. The number of pyridine rings is 1. The van der Waals surface area contributed by atoms with Crippen molar-refractivity contribution in [3.8, 4) is 5.75 Å². The molecule has 0 aliphatic carbocycles. The molecule has 1 heterocycles. The van der Waals surface area contributed by atoms with E-state index in [4.69, 9.17) is 4.74 Å². The number of fused-ring (bicyclic) bond motifs is 1. The average molecular weight is 515 g/mol. The maximum Gasteiger partial charge on any atom is 0.416 e. The third-order valence-electron chi connectivity index (χ3n) is 6.18. The van der Waals surface area contributed by atoms with E-state index in [1.54, 1.807) is 24.3 Å². The third-order valence-corrected chi connectivity index (χ3v) is 6.18. The number of carbonyl (C=O) groups excluding carboxylic acids is 1. The van der Waals surface area contributed by atoms with E-state index in [-0.39, 0.29) is 30.3 Å². The van der Waals surface area contributed by atoms with Crippen LogP contribution in [0.5, 0.6) is 5.75 Å². The molecule has 3 rings (SSSR count). The van der Waals surface area contributed by atoms with Crippen LogP contribution in [-0.2, 0) is 17.6 Å². The van der Waals surface area contributed by atoms with E-state index in [1.165, 1.54) is 24.4 Å². The van der Waals surface area contributed by atoms with Gasteiger partial charge in [0, 0.05) is 11.6 Å². The Morgan fingerprint density at radius 2 is 1.86 bits per heavy atom. The van der Waals surface area contributed by atoms with Crippen LogP contribution >= 0.6 is 0 Å². The second kappa shape index (κ2) is 12.4. The first-order valence-corrected chi connectivity index (χ1v) is 11.9. The second-order valence-electron chi connectivity index (χ2n) is 8.74. The van der Waals surface area contributed by atoms with E-state index in [9.17, 15) is 27.9 Å². The number of allylic oxidation sites excluding steroid dienone is 1. The van der Waals surface area contributed by atoms with Crippen molar-refractivity contribution in [3.05, 3.63) is 84.1 Å². The van der Waals surface area contributed by atoms with E-state index in [1.807, 2.05) is 6.92 Å². The fourth-order valence-corrected chi connectivity index (χ4v) is 4.01. The van der Waals surface area contributed by atoms with Crippen molar-refractivity contribution in [2.75, 3.05) is 0 Å². The molecule has 196 valence electrons. The fraction of sp³-hybridized carbons (Fsp3) is 0.321. The Kier molecular flexibility index (Phi) is 9.27. The van der Waals surface area contributed by atoms with Gasteiger partial charge in [-0.15, -0.1) is 6.58 Å². The predicted octanol–water partition coefficient (Wildman–Crippen LogP) is 6.40. The molecule has 0 bridgehead atoms. The van der Waals surface area contributed by atoms with Crippen LogP contribution in [0.3, 0.4) is 0 Å². The maximum absolute atomic E-state index is 13.2. The maximum atomic E-state index is 13.2. The molecule has 2 atom stereocenters. The number of benzene rings is 2. The molecule has 37 heavy (non-hydrogen) atoms. The standard InChI is InChI=1S/C28H29F3N2O4/c1-3-6-18(4-2)10-15-23(27(35)36)33-26(34)22-14-11-20-7-5-16-32-24(20)25(22)37-17-19-8-12-21(13-9-19)28(29,30)31/h3,5,7-9,11-14,16,18,23H,1,4,6,10,15,17H2,2H3,(H,33,34)(H,35,36)/t18?,23-/m0/s1. The number of aliphatic carboxylic acids is 1. The van der Waals surface area contributed by atoms with Crippen molar-refractivity contribution in [2.45, 2.75) is 51.4 Å². The first kappa shape index (κ1) is 27.7. The Morgan fingerprint density at radius 1 is 1.14 bits per heavy atom. The van der Waals surface area contributed by atoms with Crippen molar-refractivity contribution >= 4 is 22.8 Å². The lowest BCUT2D eigenvalue weighted by Crippen LogP contribution is -2.41. The lowest BCUT2D eigenvalue weighted by Gasteiger charge is -2.19. The number of hydrogen-bond donors (Lipinski definition) is 2. The lowest BCUT2D eigenvalue weighted by molar-refractivity contribution is -0.139. The number of hydrogen-bond acceptors (Lipinski definition) is 4. The first-order chi connectivity index (χ1) is 17.6. The number of ether oxygens (including phenoxy) is 1. The molecule has 3 aromatic rings. The van der Waals surface area contributed by atoms with Gasteiger partial charge in [0.15, 0.2) is 5.75 Å². The molecule has 0 saturated heterocycles. The Balaban J connectivity index is 1.84. The van der Waals surface area contributed by atoms with E-state index >= 15 is 0 Å². The molecule has 0 fully saturated rings. The summed E-state index contributed by atoms with van der Waals surface area (Å²) in [5, 5.41) is 13.0. The minimum Gasteiger partial charge on any atom is -0.486 e. The lowest BCUT2D eigenvalue weighted by atomic mass is 9.94. The molecule has 2 N–H and O–H groups in total. The highest BCUT2D eigenvalue weighted by Gasteiger charge is 2.30. The summed E-state index contributed by atoms with van der Waals surface area (Å²) in [6, 6.07) is 10.1. The van der Waals surface area contributed by atoms with Gasteiger partial charge in [0.25, 0.3) is 5.91 Å². The molecule has 0 saturated carbocycles. The van der Waals surface area contributed by atoms with Gasteiger partial charge >= 0.3 is 12.1 Å². The Hall–Kier alpha value is -3.88. The SMILES string of the molecule is C=CCC(CC)CC[C@H](NC(=O)c1ccc2cccnc2c1OCc1ccc(C(F)(F)F)cc1)C(=O)O. The van der Waals surface area contributed by atoms with Crippen molar-refractivity contribution < 1.29 is 32.6 Å². The summed E-state index contributed by atoms with van der Waals surface area (Å²) in [5.74, 6) is -1.39. The first-order valence-electron chi connectivity index (χ1n) is 11.9. The number of nitrogens with one attached hydrogen (secondary N) is 1. The van der Waals surface area contributed by atoms with Crippen LogP contribution < -0.4 is 10.1 Å². The molecule has 1 aromatic heterocycles. The molecule has 0 radical (unpaired) electrons. The summed E-state index contributed by atoms with van der Waals surface area (Å²) in [7, 11) is 0. The molecule has 9 heteroatoms. The minimum absolute atomic E-state index is 0.0856. The summed E-state index contributed by atoms with van der Waals surface area (Å²) in [6.07, 6.45) is 1.36. The van der Waals surface area contributed by atoms with Crippen LogP contribution in [0.4, 0.5) is 13.2 Å². The number of amides is 1. The molecule has 6 nitrogen and oxygen atoms in total. The highest BCUT2D eigenvalue weighted by molar-refractivity contribution is 6.03. The van der Waals surface area contributed by atoms with E-state index in [0.29, 0.717) is 22.9 Å². The van der Waals surface area contributed by atoms with Gasteiger partial charge in [0.2, 0.25) is 0 Å². The molecule has 1 unspecified atom stereocenters. The van der Waals surface area contributed by atoms with E-state index < -0.39 is 29.7 Å². The molecule has 0 aliphatic rings. The van der Waals surface area contributed by atoms with Gasteiger partial charge in [-0.2, -0.15) is 13.2 Å².